The van der Waals surface area contributed by atoms with E-state index in [9.17, 15) is 0 Å². The fourth-order valence-corrected chi connectivity index (χ4v) is 14.3. The summed E-state index contributed by atoms with van der Waals surface area (Å²) in [5.74, 6) is 5.55. The van der Waals surface area contributed by atoms with Crippen LogP contribution in [0.4, 0.5) is 0 Å². The molecule has 4 aliphatic carbocycles. The Balaban J connectivity index is 1.10. The number of fused-ring (bicyclic) bond motifs is 4. The average molecular weight is 463 g/mol. The zero-order valence-electron chi connectivity index (χ0n) is 20.2. The van der Waals surface area contributed by atoms with Gasteiger partial charge in [-0.2, -0.15) is 0 Å². The van der Waals surface area contributed by atoms with Gasteiger partial charge in [-0.1, -0.05) is 49.7 Å². The van der Waals surface area contributed by atoms with Crippen molar-refractivity contribution in [2.75, 3.05) is 0 Å². The second kappa shape index (κ2) is 9.90. The molecule has 2 nitrogen and oxygen atoms in total. The second-order valence-corrected chi connectivity index (χ2v) is 21.4. The van der Waals surface area contributed by atoms with Crippen molar-refractivity contribution in [3.8, 4) is 0 Å². The lowest BCUT2D eigenvalue weighted by atomic mass is 9.91. The van der Waals surface area contributed by atoms with Crippen LogP contribution in [0.25, 0.3) is 0 Å². The summed E-state index contributed by atoms with van der Waals surface area (Å²) in [4.78, 5) is 0. The predicted octanol–water partition coefficient (Wildman–Crippen LogP) is 5.64. The Bertz CT molecular complexity index is 634. The average Bonchev–Trinajstić information content (AvgIpc) is 3.49. The molecular formula is C25H46O2Si3. The molecule has 2 saturated carbocycles. The van der Waals surface area contributed by atoms with Crippen LogP contribution in [0.2, 0.25) is 31.7 Å². The van der Waals surface area contributed by atoms with Crippen molar-refractivity contribution in [3.63, 3.8) is 0 Å². The minimum absolute atomic E-state index is 0.381. The van der Waals surface area contributed by atoms with Crippen molar-refractivity contribution in [1.29, 1.82) is 0 Å². The SMILES string of the molecule is CC(O[Si](C)(C)CCC1CC2C=CC1C2)[SiH2]OC(C)[SiH](C)CCC1CC2C=CC1C2. The Morgan fingerprint density at radius 3 is 2.07 bits per heavy atom. The van der Waals surface area contributed by atoms with Crippen molar-refractivity contribution in [2.24, 2.45) is 35.5 Å². The van der Waals surface area contributed by atoms with Gasteiger partial charge in [0.15, 0.2) is 18.1 Å². The molecule has 4 bridgehead atoms. The molecule has 2 fully saturated rings. The van der Waals surface area contributed by atoms with Crippen LogP contribution in [0, 0.1) is 35.5 Å². The molecule has 0 N–H and O–H groups in total. The molecule has 0 aromatic rings. The van der Waals surface area contributed by atoms with Gasteiger partial charge in [0.25, 0.3) is 0 Å². The molecule has 170 valence electrons. The number of hydrogen-bond donors (Lipinski definition) is 0. The van der Waals surface area contributed by atoms with E-state index >= 15 is 0 Å². The van der Waals surface area contributed by atoms with Gasteiger partial charge in [-0.05, 0) is 94.2 Å². The van der Waals surface area contributed by atoms with Gasteiger partial charge >= 0.3 is 0 Å². The molecule has 4 aliphatic rings. The van der Waals surface area contributed by atoms with Crippen molar-refractivity contribution < 1.29 is 8.85 Å². The first-order valence-corrected chi connectivity index (χ1v) is 20.1. The van der Waals surface area contributed by atoms with Crippen LogP contribution < -0.4 is 0 Å². The number of hydrogen-bond acceptors (Lipinski definition) is 2. The van der Waals surface area contributed by atoms with E-state index in [0.717, 1.165) is 35.5 Å². The van der Waals surface area contributed by atoms with Crippen LogP contribution in [0.15, 0.2) is 24.3 Å². The molecular weight excluding hydrogens is 417 g/mol. The molecule has 0 spiro atoms. The summed E-state index contributed by atoms with van der Waals surface area (Å²) in [6, 6.07) is 2.79. The maximum atomic E-state index is 6.65. The summed E-state index contributed by atoms with van der Waals surface area (Å²) < 4.78 is 13.1. The number of allylic oxidation sites excluding steroid dienone is 4. The van der Waals surface area contributed by atoms with Gasteiger partial charge < -0.3 is 8.85 Å². The van der Waals surface area contributed by atoms with Gasteiger partial charge in [-0.15, -0.1) is 0 Å². The molecule has 9 unspecified atom stereocenters. The molecule has 0 saturated heterocycles. The molecule has 0 aliphatic heterocycles. The largest absolute Gasteiger partial charge is 0.422 e. The van der Waals surface area contributed by atoms with Crippen molar-refractivity contribution >= 4 is 26.9 Å². The van der Waals surface area contributed by atoms with Crippen LogP contribution in [0.3, 0.4) is 0 Å². The Morgan fingerprint density at radius 2 is 1.53 bits per heavy atom. The Labute approximate surface area is 191 Å². The molecule has 9 atom stereocenters. The predicted molar refractivity (Wildman–Crippen MR) is 137 cm³/mol. The molecule has 0 aromatic carbocycles. The third kappa shape index (κ3) is 5.89. The van der Waals surface area contributed by atoms with E-state index < -0.39 is 26.9 Å². The number of rotatable bonds is 12. The highest BCUT2D eigenvalue weighted by Crippen LogP contribution is 2.46. The van der Waals surface area contributed by atoms with Gasteiger partial charge in [0.05, 0.1) is 14.5 Å². The molecule has 30 heavy (non-hydrogen) atoms. The molecule has 0 heterocycles. The highest BCUT2D eigenvalue weighted by atomic mass is 28.4. The van der Waals surface area contributed by atoms with Crippen molar-refractivity contribution in [2.45, 2.75) is 95.6 Å². The second-order valence-electron chi connectivity index (χ2n) is 11.9. The summed E-state index contributed by atoms with van der Waals surface area (Å²) >= 11 is 0. The van der Waals surface area contributed by atoms with E-state index in [-0.39, 0.29) is 0 Å². The molecule has 0 aromatic heterocycles. The van der Waals surface area contributed by atoms with Crippen LogP contribution in [-0.4, -0.2) is 38.3 Å². The first kappa shape index (κ1) is 23.2. The summed E-state index contributed by atoms with van der Waals surface area (Å²) in [5, 5.41) is 0. The third-order valence-corrected chi connectivity index (χ3v) is 16.5. The van der Waals surface area contributed by atoms with E-state index in [1.807, 2.05) is 0 Å². The third-order valence-electron chi connectivity index (χ3n) is 8.86. The summed E-state index contributed by atoms with van der Waals surface area (Å²) in [6.45, 7) is 12.1. The topological polar surface area (TPSA) is 18.5 Å². The van der Waals surface area contributed by atoms with E-state index in [0.29, 0.717) is 11.5 Å². The van der Waals surface area contributed by atoms with Gasteiger partial charge in [0.1, 0.15) is 0 Å². The van der Waals surface area contributed by atoms with E-state index in [1.54, 1.807) is 0 Å². The molecule has 0 radical (unpaired) electrons. The maximum absolute atomic E-state index is 6.65. The molecule has 5 heteroatoms. The fourth-order valence-electron chi connectivity index (χ4n) is 6.79. The Hall–Kier alpha value is 0.0506. The Kier molecular flexibility index (Phi) is 7.66. The maximum Gasteiger partial charge on any atom is 0.188 e. The zero-order valence-corrected chi connectivity index (χ0v) is 23.8. The van der Waals surface area contributed by atoms with Gasteiger partial charge in [0.2, 0.25) is 0 Å². The van der Waals surface area contributed by atoms with E-state index in [2.05, 4.69) is 57.8 Å². The minimum atomic E-state index is -1.57. The van der Waals surface area contributed by atoms with Crippen LogP contribution in [0.1, 0.15) is 52.4 Å². The van der Waals surface area contributed by atoms with Crippen LogP contribution in [0.5, 0.6) is 0 Å². The van der Waals surface area contributed by atoms with Gasteiger partial charge in [-0.25, -0.2) is 0 Å². The lowest BCUT2D eigenvalue weighted by molar-refractivity contribution is 0.230. The molecule has 4 rings (SSSR count). The monoisotopic (exact) mass is 462 g/mol. The highest BCUT2D eigenvalue weighted by Gasteiger charge is 2.37. The van der Waals surface area contributed by atoms with Crippen LogP contribution in [-0.2, 0) is 8.85 Å². The standard InChI is InChI=1S/C25H46O2Si3/c1-18(27-30(4,5)13-11-25-17-21-7-9-23(25)15-21)28-26-19(2)29(3)12-10-24-16-20-6-8-22(24)14-20/h6-9,18-25,29H,10-17,28H2,1-5H3. The fraction of sp³-hybridized carbons (Fsp3) is 0.840. The highest BCUT2D eigenvalue weighted by molar-refractivity contribution is 6.71. The molecule has 0 amide bonds. The van der Waals surface area contributed by atoms with E-state index in [4.69, 9.17) is 8.85 Å². The smallest absolute Gasteiger partial charge is 0.188 e. The lowest BCUT2D eigenvalue weighted by Gasteiger charge is -2.30. The summed E-state index contributed by atoms with van der Waals surface area (Å²) in [5.41, 5.74) is 0.911. The van der Waals surface area contributed by atoms with E-state index in [1.165, 1.54) is 50.6 Å². The quantitative estimate of drug-likeness (QED) is 0.276. The minimum Gasteiger partial charge on any atom is -0.422 e. The lowest BCUT2D eigenvalue weighted by Crippen LogP contribution is -2.40. The summed E-state index contributed by atoms with van der Waals surface area (Å²) in [7, 11) is -2.95. The van der Waals surface area contributed by atoms with Gasteiger partial charge in [-0.3, -0.25) is 0 Å². The van der Waals surface area contributed by atoms with Gasteiger partial charge in [0, 0.05) is 5.73 Å². The summed E-state index contributed by atoms with van der Waals surface area (Å²) in [6.07, 6.45) is 18.6. The first-order valence-electron chi connectivity index (χ1n) is 12.9. The first-order chi connectivity index (χ1) is 14.3. The zero-order chi connectivity index (χ0) is 21.3. The normalized spacial score (nSPS) is 37.6. The van der Waals surface area contributed by atoms with Crippen LogP contribution >= 0.6 is 0 Å². The van der Waals surface area contributed by atoms with Crippen molar-refractivity contribution in [3.05, 3.63) is 24.3 Å². The Morgan fingerprint density at radius 1 is 0.933 bits per heavy atom. The van der Waals surface area contributed by atoms with Crippen molar-refractivity contribution in [1.82, 2.24) is 0 Å².